The molecule has 10 nitrogen and oxygen atoms in total. The number of imidazole rings is 1. The Kier molecular flexibility index (Phi) is 11.1. The number of nitrogens with zero attached hydrogens (tertiary/aromatic N) is 2. The van der Waals surface area contributed by atoms with E-state index in [-0.39, 0.29) is 18.4 Å². The topological polar surface area (TPSA) is 129 Å². The van der Waals surface area contributed by atoms with E-state index < -0.39 is 6.09 Å². The van der Waals surface area contributed by atoms with E-state index in [2.05, 4.69) is 68.5 Å². The Labute approximate surface area is 231 Å². The molecule has 3 N–H and O–H groups in total. The zero-order valence-electron chi connectivity index (χ0n) is 22.7. The number of hydrogen-bond donors (Lipinski definition) is 3. The highest BCUT2D eigenvalue weighted by Gasteiger charge is 2.18. The first-order valence-corrected chi connectivity index (χ1v) is 13.7. The van der Waals surface area contributed by atoms with Crippen LogP contribution in [0.1, 0.15) is 43.6 Å². The van der Waals surface area contributed by atoms with Crippen LogP contribution in [0.3, 0.4) is 0 Å². The van der Waals surface area contributed by atoms with Gasteiger partial charge in [0, 0.05) is 24.0 Å². The Balaban J connectivity index is 0.000000224. The van der Waals surface area contributed by atoms with Gasteiger partial charge in [0.1, 0.15) is 12.2 Å². The quantitative estimate of drug-likeness (QED) is 0.282. The van der Waals surface area contributed by atoms with E-state index >= 15 is 0 Å². The first-order chi connectivity index (χ1) is 18.9. The number of aromatic amines is 2. The summed E-state index contributed by atoms with van der Waals surface area (Å²) in [6, 6.07) is 10.1. The molecular formula is C28H35N5O5S. The number of amides is 2. The van der Waals surface area contributed by atoms with Crippen molar-refractivity contribution in [3.8, 4) is 22.4 Å². The number of hydrogen-bond acceptors (Lipinski definition) is 7. The minimum absolute atomic E-state index is 0.0344. The van der Waals surface area contributed by atoms with Gasteiger partial charge in [-0.25, -0.2) is 14.6 Å². The van der Waals surface area contributed by atoms with Gasteiger partial charge in [-0.3, -0.25) is 4.79 Å². The molecule has 4 heterocycles. The van der Waals surface area contributed by atoms with Crippen LogP contribution in [0, 0.1) is 0 Å². The van der Waals surface area contributed by atoms with Crippen LogP contribution >= 0.6 is 11.3 Å². The number of benzene rings is 1. The first-order valence-electron chi connectivity index (χ1n) is 12.8. The van der Waals surface area contributed by atoms with Gasteiger partial charge >= 0.3 is 12.1 Å². The number of H-pyrrole nitrogens is 2. The number of aromatic nitrogens is 3. The van der Waals surface area contributed by atoms with E-state index in [0.717, 1.165) is 58.5 Å². The molecule has 1 fully saturated rings. The molecule has 1 aromatic carbocycles. The maximum absolute atomic E-state index is 11.6. The predicted octanol–water partition coefficient (Wildman–Crippen LogP) is 5.45. The molecule has 208 valence electrons. The van der Waals surface area contributed by atoms with E-state index in [1.807, 2.05) is 6.07 Å². The average molecular weight is 554 g/mol. The van der Waals surface area contributed by atoms with Crippen molar-refractivity contribution < 1.29 is 23.9 Å². The van der Waals surface area contributed by atoms with Crippen LogP contribution in [0.5, 0.6) is 0 Å². The lowest BCUT2D eigenvalue weighted by atomic mass is 10.0. The Bertz CT molecular complexity index is 1340. The number of esters is 1. The molecule has 2 amide bonds. The van der Waals surface area contributed by atoms with Crippen LogP contribution < -0.4 is 5.32 Å². The molecule has 0 unspecified atom stereocenters. The van der Waals surface area contributed by atoms with Gasteiger partial charge in [0.2, 0.25) is 5.91 Å². The second-order valence-electron chi connectivity index (χ2n) is 8.75. The maximum Gasteiger partial charge on any atom is 0.407 e. The number of carbonyl (C=O) groups excluding carboxylic acids is 3. The summed E-state index contributed by atoms with van der Waals surface area (Å²) in [4.78, 5) is 45.6. The van der Waals surface area contributed by atoms with Gasteiger partial charge in [0.25, 0.3) is 0 Å². The molecule has 4 aromatic rings. The fraction of sp³-hybridized carbons (Fsp3) is 0.357. The maximum atomic E-state index is 11.6. The van der Waals surface area contributed by atoms with Gasteiger partial charge in [-0.15, -0.1) is 11.3 Å². The van der Waals surface area contributed by atoms with Crippen molar-refractivity contribution in [3.05, 3.63) is 53.9 Å². The number of rotatable bonds is 5. The highest BCUT2D eigenvalue weighted by Crippen LogP contribution is 2.35. The van der Waals surface area contributed by atoms with Crippen molar-refractivity contribution in [2.24, 2.45) is 0 Å². The molecule has 0 aliphatic carbocycles. The van der Waals surface area contributed by atoms with E-state index in [0.29, 0.717) is 5.69 Å². The van der Waals surface area contributed by atoms with Crippen LogP contribution in [0.4, 0.5) is 4.79 Å². The number of methoxy groups -OCH3 is 2. The molecule has 3 aromatic heterocycles. The zero-order chi connectivity index (χ0) is 28.2. The number of thiophene rings is 1. The molecule has 5 rings (SSSR count). The second-order valence-corrected chi connectivity index (χ2v) is 9.66. The highest BCUT2D eigenvalue weighted by molar-refractivity contribution is 7.17. The molecule has 39 heavy (non-hydrogen) atoms. The zero-order valence-corrected chi connectivity index (χ0v) is 23.5. The van der Waals surface area contributed by atoms with Crippen molar-refractivity contribution in [1.82, 2.24) is 25.2 Å². The SMILES string of the molecule is CCC.COC(=O)NCC(=O)N1CCCC1.COC(=O)c1cc2scc(-c3ccc(-c4cnc[nH]4)cc3)c2[nH]1. The number of alkyl carbamates (subject to hydrolysis) is 1. The molecule has 11 heteroatoms. The van der Waals surface area contributed by atoms with Crippen molar-refractivity contribution >= 4 is 39.5 Å². The summed E-state index contributed by atoms with van der Waals surface area (Å²) < 4.78 is 10.1. The third kappa shape index (κ3) is 7.93. The third-order valence-corrected chi connectivity index (χ3v) is 6.72. The Hall–Kier alpha value is -4.12. The second kappa shape index (κ2) is 14.7. The van der Waals surface area contributed by atoms with Crippen molar-refractivity contribution in [3.63, 3.8) is 0 Å². The summed E-state index contributed by atoms with van der Waals surface area (Å²) >= 11 is 1.60. The smallest absolute Gasteiger partial charge is 0.407 e. The lowest BCUT2D eigenvalue weighted by Gasteiger charge is -2.14. The number of carbonyl (C=O) groups is 3. The predicted molar refractivity (Wildman–Crippen MR) is 153 cm³/mol. The van der Waals surface area contributed by atoms with Crippen LogP contribution in [0.15, 0.2) is 48.2 Å². The highest BCUT2D eigenvalue weighted by atomic mass is 32.1. The summed E-state index contributed by atoms with van der Waals surface area (Å²) in [6.07, 6.45) is 6.27. The molecule has 0 saturated carbocycles. The largest absolute Gasteiger partial charge is 0.464 e. The molecule has 0 radical (unpaired) electrons. The number of likely N-dealkylation sites (tertiary alicyclic amines) is 1. The summed E-state index contributed by atoms with van der Waals surface area (Å²) in [7, 11) is 2.65. The van der Waals surface area contributed by atoms with E-state index in [1.165, 1.54) is 20.6 Å². The van der Waals surface area contributed by atoms with Gasteiger partial charge in [-0.1, -0.05) is 44.5 Å². The number of fused-ring (bicyclic) bond motifs is 1. The fourth-order valence-electron chi connectivity index (χ4n) is 3.88. The van der Waals surface area contributed by atoms with Crippen LogP contribution in [0.2, 0.25) is 0 Å². The third-order valence-electron chi connectivity index (χ3n) is 5.79. The average Bonchev–Trinajstić information content (AvgIpc) is 3.77. The molecule has 0 atom stereocenters. The van der Waals surface area contributed by atoms with E-state index in [9.17, 15) is 14.4 Å². The Morgan fingerprint density at radius 3 is 2.31 bits per heavy atom. The van der Waals surface area contributed by atoms with Crippen molar-refractivity contribution in [2.45, 2.75) is 33.1 Å². The van der Waals surface area contributed by atoms with Gasteiger partial charge in [-0.2, -0.15) is 0 Å². The van der Waals surface area contributed by atoms with E-state index in [4.69, 9.17) is 4.74 Å². The van der Waals surface area contributed by atoms with Crippen LogP contribution in [0.25, 0.3) is 32.6 Å². The van der Waals surface area contributed by atoms with Crippen LogP contribution in [-0.2, 0) is 14.3 Å². The Morgan fingerprint density at radius 1 is 1.05 bits per heavy atom. The lowest BCUT2D eigenvalue weighted by Crippen LogP contribution is -2.38. The van der Waals surface area contributed by atoms with Crippen LogP contribution in [-0.4, -0.2) is 71.7 Å². The monoisotopic (exact) mass is 553 g/mol. The number of nitrogens with one attached hydrogen (secondary N) is 3. The van der Waals surface area contributed by atoms with Crippen molar-refractivity contribution in [1.29, 1.82) is 0 Å². The summed E-state index contributed by atoms with van der Waals surface area (Å²) in [5, 5.41) is 4.45. The fourth-order valence-corrected chi connectivity index (χ4v) is 4.85. The van der Waals surface area contributed by atoms with Gasteiger partial charge in [0.15, 0.2) is 0 Å². The molecular weight excluding hydrogens is 518 g/mol. The molecule has 0 spiro atoms. The summed E-state index contributed by atoms with van der Waals surface area (Å²) in [5.74, 6) is -0.392. The summed E-state index contributed by atoms with van der Waals surface area (Å²) in [6.45, 7) is 5.90. The first kappa shape index (κ1) is 29.4. The van der Waals surface area contributed by atoms with E-state index in [1.54, 1.807) is 28.8 Å². The minimum Gasteiger partial charge on any atom is -0.464 e. The van der Waals surface area contributed by atoms with Gasteiger partial charge in [0.05, 0.1) is 42.7 Å². The Morgan fingerprint density at radius 2 is 1.72 bits per heavy atom. The molecule has 0 bridgehead atoms. The standard InChI is InChI=1S/C17H13N3O2S.C8H14N2O3.C3H8/c1-22-17(21)13-6-15-16(20-13)12(8-23-15)10-2-4-11(5-3-10)14-7-18-9-19-14;1-13-8(12)9-6-7(11)10-4-2-3-5-10;1-3-2/h2-9,20H,1H3,(H,18,19);2-6H2,1H3,(H,9,12);3H2,1-2H3. The van der Waals surface area contributed by atoms with Crippen molar-refractivity contribution in [2.75, 3.05) is 33.9 Å². The normalized spacial score (nSPS) is 12.2. The molecule has 1 aliphatic heterocycles. The minimum atomic E-state index is -0.562. The molecule has 1 aliphatic rings. The summed E-state index contributed by atoms with van der Waals surface area (Å²) in [5.41, 5.74) is 5.68. The molecule has 1 saturated heterocycles. The lowest BCUT2D eigenvalue weighted by molar-refractivity contribution is -0.129. The number of ether oxygens (including phenoxy) is 2. The van der Waals surface area contributed by atoms with Gasteiger partial charge in [-0.05, 0) is 30.0 Å². The van der Waals surface area contributed by atoms with Gasteiger partial charge < -0.3 is 29.7 Å².